The third-order valence-electron chi connectivity index (χ3n) is 4.49. The van der Waals surface area contributed by atoms with Crippen molar-refractivity contribution in [1.82, 2.24) is 0 Å². The Balaban J connectivity index is 1.96. The number of amidine groups is 1. The van der Waals surface area contributed by atoms with Gasteiger partial charge in [0.15, 0.2) is 5.17 Å². The first-order chi connectivity index (χ1) is 12.1. The zero-order valence-corrected chi connectivity index (χ0v) is 15.0. The van der Waals surface area contributed by atoms with Gasteiger partial charge >= 0.3 is 5.97 Å². The minimum absolute atomic E-state index is 0.199. The third-order valence-corrected chi connectivity index (χ3v) is 5.64. The molecule has 3 rings (SSSR count). The number of carboxylic acid groups (broad SMARTS) is 1. The molecule has 1 aliphatic carbocycles. The molecule has 6 nitrogen and oxygen atoms in total. The van der Waals surface area contributed by atoms with Crippen LogP contribution in [0.4, 0.5) is 5.69 Å². The molecule has 25 heavy (non-hydrogen) atoms. The molecule has 1 aliphatic heterocycles. The van der Waals surface area contributed by atoms with Crippen LogP contribution in [0, 0.1) is 0 Å². The fourth-order valence-corrected chi connectivity index (χ4v) is 4.44. The summed E-state index contributed by atoms with van der Waals surface area (Å²) in [7, 11) is 1.55. The molecule has 1 heterocycles. The van der Waals surface area contributed by atoms with E-state index in [-0.39, 0.29) is 18.4 Å². The number of rotatable bonds is 5. The van der Waals surface area contributed by atoms with E-state index >= 15 is 0 Å². The lowest BCUT2D eigenvalue weighted by Gasteiger charge is -2.22. The van der Waals surface area contributed by atoms with Crippen molar-refractivity contribution in [1.29, 1.82) is 0 Å². The number of para-hydroxylation sites is 2. The highest BCUT2D eigenvalue weighted by Crippen LogP contribution is 2.39. The number of anilines is 1. The maximum absolute atomic E-state index is 12.9. The average Bonchev–Trinajstić information content (AvgIpc) is 2.90. The number of hydrogen-bond acceptors (Lipinski definition) is 5. The quantitative estimate of drug-likeness (QED) is 0.869. The van der Waals surface area contributed by atoms with Gasteiger partial charge in [0.25, 0.3) is 0 Å². The number of aliphatic carboxylic acids is 1. The van der Waals surface area contributed by atoms with Crippen molar-refractivity contribution in [2.45, 2.75) is 49.8 Å². The predicted molar refractivity (Wildman–Crippen MR) is 98.4 cm³/mol. The van der Waals surface area contributed by atoms with Crippen molar-refractivity contribution in [3.63, 3.8) is 0 Å². The van der Waals surface area contributed by atoms with Gasteiger partial charge in [-0.05, 0) is 25.0 Å². The molecule has 1 unspecified atom stereocenters. The van der Waals surface area contributed by atoms with Crippen LogP contribution in [0.15, 0.2) is 29.3 Å². The first-order valence-corrected chi connectivity index (χ1v) is 9.41. The van der Waals surface area contributed by atoms with Crippen LogP contribution in [0.25, 0.3) is 0 Å². The summed E-state index contributed by atoms with van der Waals surface area (Å²) < 4.78 is 5.39. The van der Waals surface area contributed by atoms with Gasteiger partial charge in [-0.25, -0.2) is 0 Å². The Hall–Kier alpha value is -2.02. The Bertz CT molecular complexity index is 685. The molecule has 7 heteroatoms. The predicted octanol–water partition coefficient (Wildman–Crippen LogP) is 3.31. The van der Waals surface area contributed by atoms with Crippen molar-refractivity contribution in [2.24, 2.45) is 4.99 Å². The molecule has 2 aliphatic rings. The number of methoxy groups -OCH3 is 1. The van der Waals surface area contributed by atoms with Crippen LogP contribution < -0.4 is 9.64 Å². The SMILES string of the molecule is COc1ccccc1N1C(=O)C(CC(=O)O)SC1=NC1CCCCC1. The lowest BCUT2D eigenvalue weighted by Crippen LogP contribution is -2.33. The second-order valence-corrected chi connectivity index (χ2v) is 7.42. The molecule has 0 spiro atoms. The number of aliphatic imine (C=N–C) groups is 1. The average molecular weight is 362 g/mol. The lowest BCUT2D eigenvalue weighted by molar-refractivity contribution is -0.138. The molecule has 1 amide bonds. The van der Waals surface area contributed by atoms with Crippen molar-refractivity contribution >= 4 is 34.5 Å². The van der Waals surface area contributed by atoms with E-state index in [9.17, 15) is 9.59 Å². The van der Waals surface area contributed by atoms with Gasteiger partial charge in [-0.1, -0.05) is 43.2 Å². The summed E-state index contributed by atoms with van der Waals surface area (Å²) in [6.45, 7) is 0. The van der Waals surface area contributed by atoms with Crippen molar-refractivity contribution in [3.8, 4) is 5.75 Å². The molecule has 0 aromatic heterocycles. The smallest absolute Gasteiger partial charge is 0.305 e. The molecule has 1 aromatic rings. The highest BCUT2D eigenvalue weighted by Gasteiger charge is 2.41. The van der Waals surface area contributed by atoms with E-state index in [0.717, 1.165) is 25.7 Å². The van der Waals surface area contributed by atoms with Crippen LogP contribution in [0.2, 0.25) is 0 Å². The first-order valence-electron chi connectivity index (χ1n) is 8.53. The number of ether oxygens (including phenoxy) is 1. The summed E-state index contributed by atoms with van der Waals surface area (Å²) in [5, 5.41) is 9.05. The van der Waals surface area contributed by atoms with E-state index in [1.54, 1.807) is 19.2 Å². The number of carbonyl (C=O) groups is 2. The number of hydrogen-bond donors (Lipinski definition) is 1. The zero-order valence-electron chi connectivity index (χ0n) is 14.2. The maximum Gasteiger partial charge on any atom is 0.305 e. The number of benzene rings is 1. The molecule has 2 fully saturated rings. The van der Waals surface area contributed by atoms with E-state index < -0.39 is 11.2 Å². The van der Waals surface area contributed by atoms with Crippen LogP contribution in [-0.2, 0) is 9.59 Å². The fraction of sp³-hybridized carbons (Fsp3) is 0.500. The number of carboxylic acids is 1. The molecule has 0 radical (unpaired) electrons. The molecule has 1 aromatic carbocycles. The molecule has 134 valence electrons. The topological polar surface area (TPSA) is 79.2 Å². The molecule has 1 saturated carbocycles. The molecule has 0 bridgehead atoms. The molecule has 1 N–H and O–H groups in total. The van der Waals surface area contributed by atoms with Gasteiger partial charge in [-0.3, -0.25) is 19.5 Å². The largest absolute Gasteiger partial charge is 0.495 e. The molecular weight excluding hydrogens is 340 g/mol. The second-order valence-electron chi connectivity index (χ2n) is 6.25. The Kier molecular flexibility index (Phi) is 5.63. The number of carbonyl (C=O) groups excluding carboxylic acids is 1. The standard InChI is InChI=1S/C18H22N2O4S/c1-24-14-10-6-5-9-13(14)20-17(23)15(11-16(21)22)25-18(20)19-12-7-3-2-4-8-12/h5-6,9-10,12,15H,2-4,7-8,11H2,1H3,(H,21,22). The second kappa shape index (κ2) is 7.91. The summed E-state index contributed by atoms with van der Waals surface area (Å²) in [6.07, 6.45) is 5.34. The van der Waals surface area contributed by atoms with Gasteiger partial charge < -0.3 is 9.84 Å². The van der Waals surface area contributed by atoms with Gasteiger partial charge in [0.1, 0.15) is 11.0 Å². The van der Waals surface area contributed by atoms with E-state index in [4.69, 9.17) is 14.8 Å². The number of nitrogens with zero attached hydrogens (tertiary/aromatic N) is 2. The van der Waals surface area contributed by atoms with Crippen molar-refractivity contribution in [3.05, 3.63) is 24.3 Å². The Morgan fingerprint density at radius 3 is 2.72 bits per heavy atom. The summed E-state index contributed by atoms with van der Waals surface area (Å²) in [6, 6.07) is 7.46. The van der Waals surface area contributed by atoms with Crippen LogP contribution >= 0.6 is 11.8 Å². The first kappa shape index (κ1) is 17.8. The van der Waals surface area contributed by atoms with Crippen LogP contribution in [0.5, 0.6) is 5.75 Å². The van der Waals surface area contributed by atoms with Gasteiger partial charge in [-0.15, -0.1) is 0 Å². The van der Waals surface area contributed by atoms with Crippen molar-refractivity contribution in [2.75, 3.05) is 12.0 Å². The normalized spacial score (nSPS) is 23.2. The van der Waals surface area contributed by atoms with Crippen LogP contribution in [-0.4, -0.2) is 40.6 Å². The monoisotopic (exact) mass is 362 g/mol. The van der Waals surface area contributed by atoms with Gasteiger partial charge in [0.05, 0.1) is 25.3 Å². The summed E-state index contributed by atoms with van der Waals surface area (Å²) in [4.78, 5) is 30.3. The van der Waals surface area contributed by atoms with Crippen LogP contribution in [0.3, 0.4) is 0 Å². The lowest BCUT2D eigenvalue weighted by atomic mass is 9.96. The van der Waals surface area contributed by atoms with E-state index in [1.165, 1.54) is 23.1 Å². The minimum Gasteiger partial charge on any atom is -0.495 e. The van der Waals surface area contributed by atoms with E-state index in [2.05, 4.69) is 0 Å². The Morgan fingerprint density at radius 2 is 2.04 bits per heavy atom. The Labute approximate surface area is 151 Å². The zero-order chi connectivity index (χ0) is 17.8. The van der Waals surface area contributed by atoms with E-state index in [0.29, 0.717) is 16.6 Å². The van der Waals surface area contributed by atoms with Crippen molar-refractivity contribution < 1.29 is 19.4 Å². The summed E-state index contributed by atoms with van der Waals surface area (Å²) in [5.41, 5.74) is 0.616. The van der Waals surface area contributed by atoms with Gasteiger partial charge in [-0.2, -0.15) is 0 Å². The van der Waals surface area contributed by atoms with Crippen LogP contribution in [0.1, 0.15) is 38.5 Å². The third kappa shape index (κ3) is 3.98. The number of thioether (sulfide) groups is 1. The molecule has 1 saturated heterocycles. The number of amides is 1. The molecule has 1 atom stereocenters. The minimum atomic E-state index is -0.982. The summed E-state index contributed by atoms with van der Waals surface area (Å²) >= 11 is 1.25. The Morgan fingerprint density at radius 1 is 1.32 bits per heavy atom. The summed E-state index contributed by atoms with van der Waals surface area (Å²) in [5.74, 6) is -0.653. The highest BCUT2D eigenvalue weighted by molar-refractivity contribution is 8.16. The highest BCUT2D eigenvalue weighted by atomic mass is 32.2. The van der Waals surface area contributed by atoms with E-state index in [1.807, 2.05) is 12.1 Å². The van der Waals surface area contributed by atoms with Gasteiger partial charge in [0, 0.05) is 0 Å². The molecular formula is C18H22N2O4S. The fourth-order valence-electron chi connectivity index (χ4n) is 3.25. The maximum atomic E-state index is 12.9. The van der Waals surface area contributed by atoms with Gasteiger partial charge in [0.2, 0.25) is 5.91 Å².